The number of fused-ring (bicyclic) bond motifs is 4. The van der Waals surface area contributed by atoms with Gasteiger partial charge in [0.1, 0.15) is 28.4 Å². The third-order valence-corrected chi connectivity index (χ3v) is 15.8. The van der Waals surface area contributed by atoms with Crippen LogP contribution in [0.25, 0.3) is 5.00 Å². The third kappa shape index (κ3) is 7.81. The van der Waals surface area contributed by atoms with Gasteiger partial charge in [-0.15, -0.1) is 21.5 Å². The Kier molecular flexibility index (Phi) is 11.1. The first-order valence-electron chi connectivity index (χ1n) is 22.4. The predicted molar refractivity (Wildman–Crippen MR) is 254 cm³/mol. The first kappa shape index (κ1) is 41.8. The molecule has 4 aliphatic rings. The highest BCUT2D eigenvalue weighted by Crippen LogP contribution is 2.49. The fourth-order valence-electron chi connectivity index (χ4n) is 10.6. The van der Waals surface area contributed by atoms with Crippen LogP contribution >= 0.6 is 22.9 Å². The maximum atomic E-state index is 11.9. The van der Waals surface area contributed by atoms with E-state index in [-0.39, 0.29) is 17.9 Å². The minimum absolute atomic E-state index is 0.0661. The van der Waals surface area contributed by atoms with Gasteiger partial charge >= 0.3 is 0 Å². The van der Waals surface area contributed by atoms with Crippen molar-refractivity contribution in [2.75, 3.05) is 62.7 Å². The zero-order valence-corrected chi connectivity index (χ0v) is 38.4. The summed E-state index contributed by atoms with van der Waals surface area (Å²) < 4.78 is 7.64. The van der Waals surface area contributed by atoms with E-state index >= 15 is 0 Å². The monoisotopic (exact) mass is 881 g/mol. The molecule has 5 heterocycles. The van der Waals surface area contributed by atoms with Gasteiger partial charge in [0.25, 0.3) is 0 Å². The number of phenols is 1. The number of benzene rings is 4. The second kappa shape index (κ2) is 16.7. The number of thiophene rings is 1. The molecule has 4 aromatic carbocycles. The SMILES string of the molecule is COc1ccc([C@@H]2CCc3cc(O)ccc3[C@@H]2c2ccc(N3CCN(CC4(O)CCN(c5ccc(C6=N[C@@H](C)c7nnc(C)n7-c7sc(C)c(C)c76)cc5)CC4)CC3)cc2Cl)cc1. The number of phenolic OH excluding ortho intramolecular Hbond substituents is 1. The van der Waals surface area contributed by atoms with Crippen molar-refractivity contribution < 1.29 is 14.9 Å². The van der Waals surface area contributed by atoms with Crippen LogP contribution in [0.1, 0.15) is 99.5 Å². The van der Waals surface area contributed by atoms with Crippen molar-refractivity contribution in [2.45, 2.75) is 76.9 Å². The number of anilines is 2. The number of aryl methyl sites for hydroxylation is 3. The minimum Gasteiger partial charge on any atom is -0.508 e. The van der Waals surface area contributed by atoms with Gasteiger partial charge in [0.2, 0.25) is 0 Å². The largest absolute Gasteiger partial charge is 0.508 e. The first-order valence-corrected chi connectivity index (χ1v) is 23.6. The van der Waals surface area contributed by atoms with Crippen molar-refractivity contribution >= 4 is 40.0 Å². The van der Waals surface area contributed by atoms with Crippen LogP contribution in [0.5, 0.6) is 11.5 Å². The van der Waals surface area contributed by atoms with Gasteiger partial charge in [-0.05, 0) is 136 Å². The lowest BCUT2D eigenvalue weighted by Gasteiger charge is -2.44. The van der Waals surface area contributed by atoms with E-state index in [0.717, 1.165) is 115 Å². The molecule has 12 heteroatoms. The summed E-state index contributed by atoms with van der Waals surface area (Å²) in [6.07, 6.45) is 3.32. The van der Waals surface area contributed by atoms with E-state index in [4.69, 9.17) is 21.3 Å². The zero-order chi connectivity index (χ0) is 43.6. The molecule has 63 heavy (non-hydrogen) atoms. The van der Waals surface area contributed by atoms with Crippen LogP contribution in [0.4, 0.5) is 11.4 Å². The number of methoxy groups -OCH3 is 1. The summed E-state index contributed by atoms with van der Waals surface area (Å²) in [4.78, 5) is 13.8. The molecule has 0 unspecified atom stereocenters. The Morgan fingerprint density at radius 1 is 0.825 bits per heavy atom. The molecule has 0 spiro atoms. The number of nitrogens with zero attached hydrogens (tertiary/aromatic N) is 7. The summed E-state index contributed by atoms with van der Waals surface area (Å²) in [5.41, 5.74) is 10.9. The topological polar surface area (TPSA) is 102 Å². The number of aromatic hydroxyl groups is 1. The van der Waals surface area contributed by atoms with Crippen molar-refractivity contribution in [3.8, 4) is 16.5 Å². The smallest absolute Gasteiger partial charge is 0.162 e. The minimum atomic E-state index is -0.718. The molecule has 2 fully saturated rings. The maximum Gasteiger partial charge on any atom is 0.162 e. The quantitative estimate of drug-likeness (QED) is 0.156. The molecule has 0 saturated carbocycles. The Labute approximate surface area is 379 Å². The van der Waals surface area contributed by atoms with Crippen molar-refractivity contribution in [3.63, 3.8) is 0 Å². The van der Waals surface area contributed by atoms with Crippen LogP contribution in [-0.2, 0) is 6.42 Å². The van der Waals surface area contributed by atoms with Crippen molar-refractivity contribution in [1.82, 2.24) is 19.7 Å². The molecule has 326 valence electrons. The van der Waals surface area contributed by atoms with Gasteiger partial charge in [-0.2, -0.15) is 0 Å². The number of ether oxygens (including phenoxy) is 1. The van der Waals surface area contributed by atoms with Gasteiger partial charge in [0, 0.05) is 84.1 Å². The van der Waals surface area contributed by atoms with Crippen LogP contribution < -0.4 is 14.5 Å². The Bertz CT molecular complexity index is 2680. The van der Waals surface area contributed by atoms with Crippen molar-refractivity contribution in [3.05, 3.63) is 145 Å². The molecule has 2 aromatic heterocycles. The normalized spacial score (nSPS) is 21.0. The van der Waals surface area contributed by atoms with Gasteiger partial charge < -0.3 is 24.7 Å². The fourth-order valence-corrected chi connectivity index (χ4v) is 12.1. The molecule has 0 bridgehead atoms. The summed E-state index contributed by atoms with van der Waals surface area (Å²) in [5, 5.41) is 33.0. The average molecular weight is 883 g/mol. The Morgan fingerprint density at radius 3 is 2.24 bits per heavy atom. The Balaban J connectivity index is 0.772. The number of aromatic nitrogens is 3. The number of piperidine rings is 1. The van der Waals surface area contributed by atoms with Crippen LogP contribution in [0.15, 0.2) is 89.9 Å². The predicted octanol–water partition coefficient (Wildman–Crippen LogP) is 9.55. The number of β-amino-alcohol motifs (C(OH)–C–C–N with tert-alkyl or cyclic N) is 1. The first-order chi connectivity index (χ1) is 30.5. The molecule has 0 amide bonds. The Hall–Kier alpha value is -5.20. The van der Waals surface area contributed by atoms with E-state index in [1.807, 2.05) is 25.1 Å². The highest BCUT2D eigenvalue weighted by molar-refractivity contribution is 7.15. The highest BCUT2D eigenvalue weighted by Gasteiger charge is 2.37. The van der Waals surface area contributed by atoms with E-state index < -0.39 is 5.60 Å². The molecule has 6 aromatic rings. The summed E-state index contributed by atoms with van der Waals surface area (Å²) in [6, 6.07) is 29.5. The van der Waals surface area contributed by atoms with Crippen LogP contribution in [0.3, 0.4) is 0 Å². The molecule has 1 aliphatic carbocycles. The number of aliphatic hydroxyl groups is 1. The van der Waals surface area contributed by atoms with Gasteiger partial charge in [-0.25, -0.2) is 0 Å². The standard InChI is InChI=1S/C51H56ClN7O3S/c1-31-33(3)63-50-46(31)48(53-32(2)49-55-54-34(4)59(49)50)36-6-11-38(12-7-36)57-22-20-51(61,21-23-57)30-56-24-26-58(27-25-56)39-13-18-44(45(52)29-39)47-42(35-8-15-41(62-5)16-9-35)17-10-37-28-40(60)14-19-43(37)47/h6-9,11-16,18-19,28-29,32,42,47,60-61H,10,17,20-27,30H2,1-5H3/t32-,42-,47+/m0/s1. The second-order valence-electron chi connectivity index (χ2n) is 18.1. The van der Waals surface area contributed by atoms with E-state index in [2.05, 4.69) is 111 Å². The molecular weight excluding hydrogens is 826 g/mol. The van der Waals surface area contributed by atoms with Crippen molar-refractivity contribution in [2.24, 2.45) is 4.99 Å². The number of halogens is 1. The van der Waals surface area contributed by atoms with E-state index in [1.54, 1.807) is 24.5 Å². The van der Waals surface area contributed by atoms with Crippen molar-refractivity contribution in [1.29, 1.82) is 0 Å². The molecule has 2 N–H and O–H groups in total. The maximum absolute atomic E-state index is 11.9. The zero-order valence-electron chi connectivity index (χ0n) is 36.8. The lowest BCUT2D eigenvalue weighted by molar-refractivity contribution is -0.0173. The lowest BCUT2D eigenvalue weighted by Crippen LogP contribution is -2.55. The molecule has 10 rings (SSSR count). The van der Waals surface area contributed by atoms with E-state index in [9.17, 15) is 10.2 Å². The second-order valence-corrected chi connectivity index (χ2v) is 19.7. The Morgan fingerprint density at radius 2 is 1.52 bits per heavy atom. The number of hydrogen-bond donors (Lipinski definition) is 2. The summed E-state index contributed by atoms with van der Waals surface area (Å²) in [7, 11) is 1.70. The summed E-state index contributed by atoms with van der Waals surface area (Å²) in [6.45, 7) is 14.3. The molecule has 10 nitrogen and oxygen atoms in total. The van der Waals surface area contributed by atoms with Gasteiger partial charge in [0.15, 0.2) is 5.82 Å². The number of hydrogen-bond acceptors (Lipinski definition) is 10. The third-order valence-electron chi connectivity index (χ3n) is 14.3. The molecule has 3 atom stereocenters. The van der Waals surface area contributed by atoms with Gasteiger partial charge in [-0.3, -0.25) is 14.5 Å². The van der Waals surface area contributed by atoms with Gasteiger partial charge in [0.05, 0.1) is 18.4 Å². The number of piperazine rings is 1. The van der Waals surface area contributed by atoms with Crippen LogP contribution in [0, 0.1) is 20.8 Å². The fraction of sp³-hybridized carbons (Fsp3) is 0.392. The molecule has 0 radical (unpaired) electrons. The van der Waals surface area contributed by atoms with Crippen LogP contribution in [0.2, 0.25) is 5.02 Å². The molecule has 3 aliphatic heterocycles. The molecular formula is C51H56ClN7O3S. The summed E-state index contributed by atoms with van der Waals surface area (Å²) in [5.74, 6) is 3.23. The lowest BCUT2D eigenvalue weighted by atomic mass is 9.69. The highest BCUT2D eigenvalue weighted by atomic mass is 35.5. The number of rotatable bonds is 8. The van der Waals surface area contributed by atoms with E-state index in [1.165, 1.54) is 38.4 Å². The average Bonchev–Trinajstić information content (AvgIpc) is 3.78. The number of aliphatic imine (C=N–C) groups is 1. The summed E-state index contributed by atoms with van der Waals surface area (Å²) >= 11 is 9.04. The van der Waals surface area contributed by atoms with Crippen LogP contribution in [-0.4, -0.2) is 94.1 Å². The molecule has 2 saturated heterocycles. The van der Waals surface area contributed by atoms with Gasteiger partial charge in [-0.1, -0.05) is 48.0 Å². The van der Waals surface area contributed by atoms with E-state index in [0.29, 0.717) is 12.3 Å².